The molecule has 0 aliphatic carbocycles. The van der Waals surface area contributed by atoms with Crippen molar-refractivity contribution < 1.29 is 14.3 Å². The van der Waals surface area contributed by atoms with Crippen molar-refractivity contribution in [3.05, 3.63) is 29.3 Å². The van der Waals surface area contributed by atoms with Crippen LogP contribution in [-0.4, -0.2) is 25.0 Å². The van der Waals surface area contributed by atoms with Gasteiger partial charge in [0.15, 0.2) is 0 Å². The van der Waals surface area contributed by atoms with E-state index in [4.69, 9.17) is 4.74 Å². The summed E-state index contributed by atoms with van der Waals surface area (Å²) in [4.78, 5) is 25.6. The normalized spacial score (nSPS) is 19.4. The number of hydrogen-bond acceptors (Lipinski definition) is 3. The predicted octanol–water partition coefficient (Wildman–Crippen LogP) is 2.36. The van der Waals surface area contributed by atoms with Gasteiger partial charge in [0.1, 0.15) is 6.04 Å². The summed E-state index contributed by atoms with van der Waals surface area (Å²) in [6.45, 7) is 4.02. The number of rotatable bonds is 2. The van der Waals surface area contributed by atoms with E-state index in [1.807, 2.05) is 32.0 Å². The molecule has 1 aromatic carbocycles. The van der Waals surface area contributed by atoms with Crippen LogP contribution in [0.15, 0.2) is 18.2 Å². The van der Waals surface area contributed by atoms with Gasteiger partial charge in [-0.15, -0.1) is 0 Å². The van der Waals surface area contributed by atoms with Crippen LogP contribution >= 0.6 is 0 Å². The number of hydrogen-bond donors (Lipinski definition) is 0. The SMILES string of the molecule is COC(=O)C1CCCC(=O)N1c1ccc(C)c(C)c1. The van der Waals surface area contributed by atoms with Gasteiger partial charge in [-0.25, -0.2) is 4.79 Å². The maximum atomic E-state index is 12.1. The molecule has 0 saturated carbocycles. The molecule has 1 saturated heterocycles. The lowest BCUT2D eigenvalue weighted by Crippen LogP contribution is -2.48. The van der Waals surface area contributed by atoms with Gasteiger partial charge >= 0.3 is 5.97 Å². The average molecular weight is 261 g/mol. The summed E-state index contributed by atoms with van der Waals surface area (Å²) in [5, 5.41) is 0. The standard InChI is InChI=1S/C15H19NO3/c1-10-7-8-12(9-11(10)2)16-13(15(18)19-3)5-4-6-14(16)17/h7-9,13H,4-6H2,1-3H3. The minimum atomic E-state index is -0.492. The third kappa shape index (κ3) is 2.62. The Morgan fingerprint density at radius 3 is 2.68 bits per heavy atom. The molecular weight excluding hydrogens is 242 g/mol. The number of nitrogens with zero attached hydrogens (tertiary/aromatic N) is 1. The van der Waals surface area contributed by atoms with Crippen molar-refractivity contribution in [3.8, 4) is 0 Å². The molecule has 1 atom stereocenters. The Morgan fingerprint density at radius 1 is 1.32 bits per heavy atom. The highest BCUT2D eigenvalue weighted by Gasteiger charge is 2.35. The Labute approximate surface area is 113 Å². The van der Waals surface area contributed by atoms with Crippen molar-refractivity contribution in [2.45, 2.75) is 39.2 Å². The lowest BCUT2D eigenvalue weighted by Gasteiger charge is -2.34. The van der Waals surface area contributed by atoms with Gasteiger partial charge in [0.25, 0.3) is 0 Å². The van der Waals surface area contributed by atoms with E-state index in [2.05, 4.69) is 0 Å². The van der Waals surface area contributed by atoms with Crippen molar-refractivity contribution in [1.82, 2.24) is 0 Å². The zero-order valence-electron chi connectivity index (χ0n) is 11.6. The Hall–Kier alpha value is -1.84. The van der Waals surface area contributed by atoms with Gasteiger partial charge in [0.2, 0.25) is 5.91 Å². The van der Waals surface area contributed by atoms with E-state index >= 15 is 0 Å². The minimum absolute atomic E-state index is 0.00935. The Balaban J connectivity index is 2.38. The number of ether oxygens (including phenoxy) is 1. The Bertz CT molecular complexity index is 510. The number of amides is 1. The maximum absolute atomic E-state index is 12.1. The summed E-state index contributed by atoms with van der Waals surface area (Å²) in [5.74, 6) is -0.351. The molecule has 1 aliphatic rings. The molecular formula is C15H19NO3. The number of methoxy groups -OCH3 is 1. The molecule has 1 amide bonds. The first-order valence-electron chi connectivity index (χ1n) is 6.51. The molecule has 102 valence electrons. The Kier molecular flexibility index (Phi) is 3.88. The fourth-order valence-electron chi connectivity index (χ4n) is 2.43. The van der Waals surface area contributed by atoms with E-state index in [9.17, 15) is 9.59 Å². The van der Waals surface area contributed by atoms with Crippen molar-refractivity contribution in [2.24, 2.45) is 0 Å². The van der Waals surface area contributed by atoms with Gasteiger partial charge in [0.05, 0.1) is 7.11 Å². The average Bonchev–Trinajstić information content (AvgIpc) is 2.41. The molecule has 1 heterocycles. The highest BCUT2D eigenvalue weighted by molar-refractivity contribution is 6.00. The molecule has 4 heteroatoms. The fraction of sp³-hybridized carbons (Fsp3) is 0.467. The predicted molar refractivity (Wildman–Crippen MR) is 73.1 cm³/mol. The number of carbonyl (C=O) groups is 2. The highest BCUT2D eigenvalue weighted by atomic mass is 16.5. The van der Waals surface area contributed by atoms with Crippen LogP contribution < -0.4 is 4.90 Å². The second-order valence-electron chi connectivity index (χ2n) is 4.96. The van der Waals surface area contributed by atoms with E-state index in [1.165, 1.54) is 12.7 Å². The van der Waals surface area contributed by atoms with Crippen LogP contribution in [0.25, 0.3) is 0 Å². The van der Waals surface area contributed by atoms with Crippen molar-refractivity contribution >= 4 is 17.6 Å². The van der Waals surface area contributed by atoms with Gasteiger partial charge in [-0.3, -0.25) is 9.69 Å². The molecule has 1 aliphatic heterocycles. The third-order valence-corrected chi connectivity index (χ3v) is 3.69. The summed E-state index contributed by atoms with van der Waals surface area (Å²) in [5.41, 5.74) is 3.06. The van der Waals surface area contributed by atoms with Crippen LogP contribution in [0.1, 0.15) is 30.4 Å². The summed E-state index contributed by atoms with van der Waals surface area (Å²) in [6.07, 6.45) is 1.88. The van der Waals surface area contributed by atoms with E-state index < -0.39 is 6.04 Å². The first-order valence-corrected chi connectivity index (χ1v) is 6.51. The molecule has 19 heavy (non-hydrogen) atoms. The van der Waals surface area contributed by atoms with Crippen LogP contribution in [-0.2, 0) is 14.3 Å². The molecule has 0 spiro atoms. The molecule has 0 bridgehead atoms. The summed E-state index contributed by atoms with van der Waals surface area (Å²) in [6, 6.07) is 5.32. The topological polar surface area (TPSA) is 46.6 Å². The largest absolute Gasteiger partial charge is 0.467 e. The fourth-order valence-corrected chi connectivity index (χ4v) is 2.43. The van der Waals surface area contributed by atoms with Crippen LogP contribution in [0.2, 0.25) is 0 Å². The van der Waals surface area contributed by atoms with Crippen LogP contribution in [0.3, 0.4) is 0 Å². The van der Waals surface area contributed by atoms with Crippen molar-refractivity contribution in [1.29, 1.82) is 0 Å². The molecule has 1 fully saturated rings. The number of carbonyl (C=O) groups excluding carboxylic acids is 2. The van der Waals surface area contributed by atoms with Gasteiger partial charge < -0.3 is 4.74 Å². The second kappa shape index (κ2) is 5.43. The van der Waals surface area contributed by atoms with E-state index in [0.29, 0.717) is 12.8 Å². The molecule has 2 rings (SSSR count). The first-order chi connectivity index (χ1) is 9.04. The summed E-state index contributed by atoms with van der Waals surface area (Å²) in [7, 11) is 1.36. The minimum Gasteiger partial charge on any atom is -0.467 e. The van der Waals surface area contributed by atoms with Gasteiger partial charge in [0, 0.05) is 12.1 Å². The summed E-state index contributed by atoms with van der Waals surface area (Å²) < 4.78 is 4.81. The van der Waals surface area contributed by atoms with E-state index in [-0.39, 0.29) is 11.9 Å². The van der Waals surface area contributed by atoms with E-state index in [0.717, 1.165) is 17.7 Å². The van der Waals surface area contributed by atoms with Gasteiger partial charge in [-0.1, -0.05) is 6.07 Å². The number of piperidine rings is 1. The second-order valence-corrected chi connectivity index (χ2v) is 4.96. The van der Waals surface area contributed by atoms with Crippen LogP contribution in [0, 0.1) is 13.8 Å². The Morgan fingerprint density at radius 2 is 2.05 bits per heavy atom. The maximum Gasteiger partial charge on any atom is 0.328 e. The monoisotopic (exact) mass is 261 g/mol. The van der Waals surface area contributed by atoms with Crippen LogP contribution in [0.4, 0.5) is 5.69 Å². The van der Waals surface area contributed by atoms with Gasteiger partial charge in [-0.2, -0.15) is 0 Å². The highest BCUT2D eigenvalue weighted by Crippen LogP contribution is 2.28. The lowest BCUT2D eigenvalue weighted by molar-refractivity contribution is -0.144. The first kappa shape index (κ1) is 13.6. The van der Waals surface area contributed by atoms with Crippen LogP contribution in [0.5, 0.6) is 0 Å². The molecule has 0 aromatic heterocycles. The number of anilines is 1. The zero-order chi connectivity index (χ0) is 14.0. The zero-order valence-corrected chi connectivity index (χ0v) is 11.6. The molecule has 0 radical (unpaired) electrons. The molecule has 1 unspecified atom stereocenters. The van der Waals surface area contributed by atoms with E-state index in [1.54, 1.807) is 4.90 Å². The quantitative estimate of drug-likeness (QED) is 0.768. The smallest absolute Gasteiger partial charge is 0.328 e. The molecule has 1 aromatic rings. The molecule has 0 N–H and O–H groups in total. The number of benzene rings is 1. The third-order valence-electron chi connectivity index (χ3n) is 3.69. The molecule has 4 nitrogen and oxygen atoms in total. The van der Waals surface area contributed by atoms with Crippen molar-refractivity contribution in [2.75, 3.05) is 12.0 Å². The lowest BCUT2D eigenvalue weighted by atomic mass is 9.99. The van der Waals surface area contributed by atoms with Crippen molar-refractivity contribution in [3.63, 3.8) is 0 Å². The summed E-state index contributed by atoms with van der Waals surface area (Å²) >= 11 is 0. The number of aryl methyl sites for hydroxylation is 2. The number of esters is 1. The van der Waals surface area contributed by atoms with Gasteiger partial charge in [-0.05, 0) is 49.9 Å².